The molecule has 190 valence electrons. The van der Waals surface area contributed by atoms with Crippen LogP contribution in [0, 0.1) is 0 Å². The predicted molar refractivity (Wildman–Crippen MR) is 142 cm³/mol. The van der Waals surface area contributed by atoms with Gasteiger partial charge in [-0.2, -0.15) is 0 Å². The number of halogens is 1. The molecule has 3 aromatic rings. The fourth-order valence-electron chi connectivity index (χ4n) is 3.69. The molecule has 0 radical (unpaired) electrons. The third kappa shape index (κ3) is 6.24. The highest BCUT2D eigenvalue weighted by Crippen LogP contribution is 2.32. The number of carbonyl (C=O) groups excluding carboxylic acids is 2. The van der Waals surface area contributed by atoms with Crippen molar-refractivity contribution < 1.29 is 22.7 Å². The summed E-state index contributed by atoms with van der Waals surface area (Å²) in [7, 11) is -1.23. The lowest BCUT2D eigenvalue weighted by Gasteiger charge is -2.32. The van der Waals surface area contributed by atoms with Crippen LogP contribution in [0.15, 0.2) is 88.2 Å². The van der Waals surface area contributed by atoms with Crippen molar-refractivity contribution in [1.29, 1.82) is 0 Å². The molecule has 0 fully saturated rings. The van der Waals surface area contributed by atoms with E-state index in [4.69, 9.17) is 4.74 Å². The minimum atomic E-state index is -4.15. The lowest BCUT2D eigenvalue weighted by Crippen LogP contribution is -2.50. The Labute approximate surface area is 220 Å². The summed E-state index contributed by atoms with van der Waals surface area (Å²) in [4.78, 5) is 27.7. The van der Waals surface area contributed by atoms with Crippen molar-refractivity contribution in [2.45, 2.75) is 24.4 Å². The van der Waals surface area contributed by atoms with Gasteiger partial charge >= 0.3 is 0 Å². The van der Waals surface area contributed by atoms with E-state index in [9.17, 15) is 18.0 Å². The summed E-state index contributed by atoms with van der Waals surface area (Å²) >= 11 is 3.42. The standard InChI is InChI=1S/C26H28BrN3O5S/c1-19(26(32)28-2)29(17-20-10-9-11-21(27)16-20)25(31)18-30(23-14-7-8-15-24(23)35-3)36(33,34)22-12-5-4-6-13-22/h4-16,19H,17-18H2,1-3H3,(H,28,32)/t19-/m1/s1. The Balaban J connectivity index is 2.06. The molecular formula is C26H28BrN3O5S. The number of rotatable bonds is 10. The Kier molecular flexibility index (Phi) is 9.11. The van der Waals surface area contributed by atoms with Gasteiger partial charge < -0.3 is 15.0 Å². The zero-order valence-corrected chi connectivity index (χ0v) is 22.6. The molecule has 0 aliphatic rings. The Morgan fingerprint density at radius 2 is 1.67 bits per heavy atom. The monoisotopic (exact) mass is 573 g/mol. The van der Waals surface area contributed by atoms with E-state index in [2.05, 4.69) is 21.2 Å². The summed E-state index contributed by atoms with van der Waals surface area (Å²) in [5.41, 5.74) is 0.996. The molecule has 0 aliphatic heterocycles. The molecule has 0 heterocycles. The van der Waals surface area contributed by atoms with Crippen LogP contribution in [0.2, 0.25) is 0 Å². The van der Waals surface area contributed by atoms with E-state index in [1.807, 2.05) is 24.3 Å². The number of para-hydroxylation sites is 2. The highest BCUT2D eigenvalue weighted by Gasteiger charge is 2.33. The highest BCUT2D eigenvalue weighted by molar-refractivity contribution is 9.10. The fourth-order valence-corrected chi connectivity index (χ4v) is 5.58. The molecule has 8 nitrogen and oxygen atoms in total. The van der Waals surface area contributed by atoms with Crippen LogP contribution >= 0.6 is 15.9 Å². The summed E-state index contributed by atoms with van der Waals surface area (Å²) in [6.45, 7) is 1.18. The van der Waals surface area contributed by atoms with Crippen molar-refractivity contribution in [1.82, 2.24) is 10.2 Å². The average Bonchev–Trinajstić information content (AvgIpc) is 2.89. The van der Waals surface area contributed by atoms with Crippen molar-refractivity contribution >= 4 is 43.5 Å². The first-order valence-corrected chi connectivity index (χ1v) is 13.4. The van der Waals surface area contributed by atoms with E-state index in [0.29, 0.717) is 5.75 Å². The minimum absolute atomic E-state index is 0.0293. The van der Waals surface area contributed by atoms with Gasteiger partial charge in [-0.3, -0.25) is 13.9 Å². The number of amides is 2. The normalized spacial score (nSPS) is 11.9. The number of hydrogen-bond donors (Lipinski definition) is 1. The fraction of sp³-hybridized carbons (Fsp3) is 0.231. The smallest absolute Gasteiger partial charge is 0.264 e. The first kappa shape index (κ1) is 27.2. The Morgan fingerprint density at radius 3 is 2.31 bits per heavy atom. The number of anilines is 1. The lowest BCUT2D eigenvalue weighted by molar-refractivity contribution is -0.139. The predicted octanol–water partition coefficient (Wildman–Crippen LogP) is 3.82. The van der Waals surface area contributed by atoms with E-state index in [-0.39, 0.29) is 23.0 Å². The molecule has 0 saturated heterocycles. The molecule has 3 aromatic carbocycles. The van der Waals surface area contributed by atoms with Crippen LogP contribution in [0.25, 0.3) is 0 Å². The maximum absolute atomic E-state index is 13.7. The van der Waals surface area contributed by atoms with Gasteiger partial charge in [0.25, 0.3) is 10.0 Å². The van der Waals surface area contributed by atoms with Crippen LogP contribution in [-0.4, -0.2) is 51.9 Å². The number of likely N-dealkylation sites (N-methyl/N-ethyl adjacent to an activating group) is 1. The van der Waals surface area contributed by atoms with Crippen molar-refractivity contribution in [3.63, 3.8) is 0 Å². The van der Waals surface area contributed by atoms with Gasteiger partial charge in [0.2, 0.25) is 11.8 Å². The van der Waals surface area contributed by atoms with Gasteiger partial charge in [0.05, 0.1) is 17.7 Å². The molecule has 0 bridgehead atoms. The molecule has 0 aromatic heterocycles. The third-order valence-electron chi connectivity index (χ3n) is 5.62. The van der Waals surface area contributed by atoms with Crippen LogP contribution in [0.1, 0.15) is 12.5 Å². The zero-order valence-electron chi connectivity index (χ0n) is 20.2. The van der Waals surface area contributed by atoms with E-state index in [1.54, 1.807) is 49.4 Å². The molecule has 1 N–H and O–H groups in total. The van der Waals surface area contributed by atoms with Gasteiger partial charge in [0.15, 0.2) is 0 Å². The average molecular weight is 574 g/mol. The van der Waals surface area contributed by atoms with Gasteiger partial charge in [-0.05, 0) is 48.9 Å². The van der Waals surface area contributed by atoms with Gasteiger partial charge in [0.1, 0.15) is 18.3 Å². The number of nitrogens with zero attached hydrogens (tertiary/aromatic N) is 2. The van der Waals surface area contributed by atoms with E-state index >= 15 is 0 Å². The van der Waals surface area contributed by atoms with Crippen LogP contribution in [0.4, 0.5) is 5.69 Å². The van der Waals surface area contributed by atoms with Crippen LogP contribution in [-0.2, 0) is 26.2 Å². The van der Waals surface area contributed by atoms with Crippen molar-refractivity contribution in [2.24, 2.45) is 0 Å². The zero-order chi connectivity index (χ0) is 26.3. The molecule has 10 heteroatoms. The van der Waals surface area contributed by atoms with Gasteiger partial charge in [0, 0.05) is 18.1 Å². The van der Waals surface area contributed by atoms with Crippen LogP contribution < -0.4 is 14.4 Å². The van der Waals surface area contributed by atoms with Crippen molar-refractivity contribution in [2.75, 3.05) is 25.0 Å². The van der Waals surface area contributed by atoms with Gasteiger partial charge in [-0.1, -0.05) is 58.4 Å². The maximum Gasteiger partial charge on any atom is 0.264 e. The second-order valence-electron chi connectivity index (χ2n) is 7.94. The number of ether oxygens (including phenoxy) is 1. The van der Waals surface area contributed by atoms with Gasteiger partial charge in [-0.25, -0.2) is 8.42 Å². The summed E-state index contributed by atoms with van der Waals surface area (Å²) in [6, 6.07) is 21.0. The molecular weight excluding hydrogens is 546 g/mol. The minimum Gasteiger partial charge on any atom is -0.495 e. The Morgan fingerprint density at radius 1 is 1.00 bits per heavy atom. The van der Waals surface area contributed by atoms with E-state index < -0.39 is 28.5 Å². The summed E-state index contributed by atoms with van der Waals surface area (Å²) in [5.74, 6) is -0.618. The quantitative estimate of drug-likeness (QED) is 0.398. The lowest BCUT2D eigenvalue weighted by atomic mass is 10.1. The second kappa shape index (κ2) is 12.0. The molecule has 0 aliphatic carbocycles. The third-order valence-corrected chi connectivity index (χ3v) is 7.89. The topological polar surface area (TPSA) is 96.0 Å². The highest BCUT2D eigenvalue weighted by atomic mass is 79.9. The summed E-state index contributed by atoms with van der Waals surface area (Å²) < 4.78 is 34.7. The number of carbonyl (C=O) groups is 2. The first-order chi connectivity index (χ1) is 17.2. The van der Waals surface area contributed by atoms with Crippen molar-refractivity contribution in [3.8, 4) is 5.75 Å². The number of hydrogen-bond acceptors (Lipinski definition) is 5. The number of sulfonamides is 1. The number of benzene rings is 3. The molecule has 36 heavy (non-hydrogen) atoms. The summed E-state index contributed by atoms with van der Waals surface area (Å²) in [5, 5.41) is 2.56. The molecule has 3 rings (SSSR count). The van der Waals surface area contributed by atoms with Gasteiger partial charge in [-0.15, -0.1) is 0 Å². The van der Waals surface area contributed by atoms with Crippen molar-refractivity contribution in [3.05, 3.63) is 88.9 Å². The second-order valence-corrected chi connectivity index (χ2v) is 10.7. The van der Waals surface area contributed by atoms with E-state index in [0.717, 1.165) is 14.3 Å². The summed E-state index contributed by atoms with van der Waals surface area (Å²) in [6.07, 6.45) is 0. The number of nitrogens with one attached hydrogen (secondary N) is 1. The SMILES string of the molecule is CNC(=O)[C@@H](C)N(Cc1cccc(Br)c1)C(=O)CN(c1ccccc1OC)S(=O)(=O)c1ccccc1. The maximum atomic E-state index is 13.7. The molecule has 0 saturated carbocycles. The largest absolute Gasteiger partial charge is 0.495 e. The first-order valence-electron chi connectivity index (χ1n) is 11.2. The number of methoxy groups -OCH3 is 1. The molecule has 1 atom stereocenters. The van der Waals surface area contributed by atoms with Crippen LogP contribution in [0.3, 0.4) is 0 Å². The van der Waals surface area contributed by atoms with E-state index in [1.165, 1.54) is 31.2 Å². The molecule has 0 unspecified atom stereocenters. The Hall–Kier alpha value is -3.37. The molecule has 0 spiro atoms. The molecule has 2 amide bonds. The Bertz CT molecular complexity index is 1320. The van der Waals surface area contributed by atoms with Crippen LogP contribution in [0.5, 0.6) is 5.75 Å².